The third-order valence-corrected chi connectivity index (χ3v) is 2.84. The van der Waals surface area contributed by atoms with Crippen LogP contribution < -0.4 is 10.6 Å². The summed E-state index contributed by atoms with van der Waals surface area (Å²) < 4.78 is 1.77. The first-order chi connectivity index (χ1) is 7.84. The van der Waals surface area contributed by atoms with Crippen molar-refractivity contribution in [1.82, 2.24) is 20.4 Å². The normalized spacial score (nSPS) is 19.9. The molecular weight excluding hydrogens is 204 g/mol. The summed E-state index contributed by atoms with van der Waals surface area (Å²) in [5.74, 6) is 0.101. The molecule has 1 atom stereocenters. The molecule has 1 aromatic rings. The van der Waals surface area contributed by atoms with Crippen molar-refractivity contribution in [1.29, 1.82) is 0 Å². The second-order valence-electron chi connectivity index (χ2n) is 4.12. The highest BCUT2D eigenvalue weighted by atomic mass is 16.1. The number of carbonyl (C=O) groups is 1. The van der Waals surface area contributed by atoms with Gasteiger partial charge in [-0.15, -0.1) is 0 Å². The number of amides is 1. The van der Waals surface area contributed by atoms with Crippen LogP contribution in [0.15, 0.2) is 18.5 Å². The first-order valence-electron chi connectivity index (χ1n) is 5.82. The fraction of sp³-hybridized carbons (Fsp3) is 0.636. The zero-order chi connectivity index (χ0) is 11.2. The fourth-order valence-corrected chi connectivity index (χ4v) is 1.91. The first kappa shape index (κ1) is 11.1. The van der Waals surface area contributed by atoms with Gasteiger partial charge in [0.1, 0.15) is 0 Å². The molecule has 5 heteroatoms. The summed E-state index contributed by atoms with van der Waals surface area (Å²) >= 11 is 0. The van der Waals surface area contributed by atoms with Gasteiger partial charge in [0.15, 0.2) is 0 Å². The zero-order valence-corrected chi connectivity index (χ0v) is 9.35. The van der Waals surface area contributed by atoms with Crippen LogP contribution >= 0.6 is 0 Å². The molecule has 88 valence electrons. The molecule has 2 heterocycles. The van der Waals surface area contributed by atoms with Crippen LogP contribution in [0.2, 0.25) is 0 Å². The Labute approximate surface area is 95.2 Å². The predicted octanol–water partition coefficient (Wildman–Crippen LogP) is 0.141. The molecule has 16 heavy (non-hydrogen) atoms. The molecule has 1 unspecified atom stereocenters. The van der Waals surface area contributed by atoms with E-state index in [2.05, 4.69) is 15.7 Å². The lowest BCUT2D eigenvalue weighted by molar-refractivity contribution is -0.121. The SMILES string of the molecule is O=C(CCn1cccn1)NCC1CCCN1. The van der Waals surface area contributed by atoms with E-state index in [4.69, 9.17) is 0 Å². The second kappa shape index (κ2) is 5.65. The molecule has 0 bridgehead atoms. The van der Waals surface area contributed by atoms with Crippen LogP contribution in [-0.2, 0) is 11.3 Å². The van der Waals surface area contributed by atoms with E-state index in [1.54, 1.807) is 10.9 Å². The molecule has 1 aliphatic rings. The van der Waals surface area contributed by atoms with Crippen molar-refractivity contribution in [2.24, 2.45) is 0 Å². The Balaban J connectivity index is 1.60. The van der Waals surface area contributed by atoms with Crippen LogP contribution in [0.5, 0.6) is 0 Å². The van der Waals surface area contributed by atoms with Gasteiger partial charge in [0, 0.05) is 37.9 Å². The standard InChI is InChI=1S/C11H18N4O/c16-11(4-8-15-7-2-6-14-15)13-9-10-3-1-5-12-10/h2,6-7,10,12H,1,3-5,8-9H2,(H,13,16). The monoisotopic (exact) mass is 222 g/mol. The number of nitrogens with zero attached hydrogens (tertiary/aromatic N) is 2. The summed E-state index contributed by atoms with van der Waals surface area (Å²) in [6.45, 7) is 2.47. The summed E-state index contributed by atoms with van der Waals surface area (Å²) in [6, 6.07) is 2.33. The molecule has 1 fully saturated rings. The van der Waals surface area contributed by atoms with Gasteiger partial charge in [-0.2, -0.15) is 5.10 Å². The molecule has 0 aromatic carbocycles. The van der Waals surface area contributed by atoms with Crippen LogP contribution in [0.3, 0.4) is 0 Å². The van der Waals surface area contributed by atoms with E-state index in [9.17, 15) is 4.79 Å². The lowest BCUT2D eigenvalue weighted by atomic mass is 10.2. The Bertz CT molecular complexity index is 317. The number of carbonyl (C=O) groups excluding carboxylic acids is 1. The quantitative estimate of drug-likeness (QED) is 0.745. The molecule has 1 aliphatic heterocycles. The predicted molar refractivity (Wildman–Crippen MR) is 60.9 cm³/mol. The number of nitrogens with one attached hydrogen (secondary N) is 2. The van der Waals surface area contributed by atoms with Gasteiger partial charge in [-0.3, -0.25) is 9.48 Å². The second-order valence-corrected chi connectivity index (χ2v) is 4.12. The highest BCUT2D eigenvalue weighted by Gasteiger charge is 2.14. The Hall–Kier alpha value is -1.36. The minimum absolute atomic E-state index is 0.101. The van der Waals surface area contributed by atoms with Gasteiger partial charge in [-0.1, -0.05) is 0 Å². The number of rotatable bonds is 5. The topological polar surface area (TPSA) is 59.0 Å². The Morgan fingerprint density at radius 2 is 2.56 bits per heavy atom. The maximum Gasteiger partial charge on any atom is 0.221 e. The fourth-order valence-electron chi connectivity index (χ4n) is 1.91. The van der Waals surface area contributed by atoms with Crippen molar-refractivity contribution in [2.45, 2.75) is 31.8 Å². The number of aryl methyl sites for hydroxylation is 1. The molecule has 1 amide bonds. The van der Waals surface area contributed by atoms with Gasteiger partial charge in [-0.25, -0.2) is 0 Å². The highest BCUT2D eigenvalue weighted by molar-refractivity contribution is 5.75. The molecule has 2 N–H and O–H groups in total. The minimum atomic E-state index is 0.101. The Morgan fingerprint density at radius 1 is 1.62 bits per heavy atom. The number of aromatic nitrogens is 2. The lowest BCUT2D eigenvalue weighted by Crippen LogP contribution is -2.37. The van der Waals surface area contributed by atoms with E-state index in [0.29, 0.717) is 19.0 Å². The van der Waals surface area contributed by atoms with E-state index in [1.807, 2.05) is 12.3 Å². The van der Waals surface area contributed by atoms with Crippen LogP contribution in [0.4, 0.5) is 0 Å². The molecule has 5 nitrogen and oxygen atoms in total. The first-order valence-corrected chi connectivity index (χ1v) is 5.82. The highest BCUT2D eigenvalue weighted by Crippen LogP contribution is 2.03. The maximum absolute atomic E-state index is 11.5. The van der Waals surface area contributed by atoms with Crippen molar-refractivity contribution in [3.63, 3.8) is 0 Å². The van der Waals surface area contributed by atoms with Crippen molar-refractivity contribution >= 4 is 5.91 Å². The summed E-state index contributed by atoms with van der Waals surface area (Å²) in [6.07, 6.45) is 6.47. The van der Waals surface area contributed by atoms with Gasteiger partial charge in [0.05, 0.1) is 0 Å². The van der Waals surface area contributed by atoms with E-state index in [0.717, 1.165) is 13.1 Å². The maximum atomic E-state index is 11.5. The smallest absolute Gasteiger partial charge is 0.221 e. The summed E-state index contributed by atoms with van der Waals surface area (Å²) in [7, 11) is 0. The molecular formula is C11H18N4O. The molecule has 1 saturated heterocycles. The Morgan fingerprint density at radius 3 is 3.25 bits per heavy atom. The van der Waals surface area contributed by atoms with Crippen molar-refractivity contribution < 1.29 is 4.79 Å². The average molecular weight is 222 g/mol. The van der Waals surface area contributed by atoms with E-state index in [1.165, 1.54) is 12.8 Å². The van der Waals surface area contributed by atoms with Gasteiger partial charge < -0.3 is 10.6 Å². The van der Waals surface area contributed by atoms with E-state index >= 15 is 0 Å². The van der Waals surface area contributed by atoms with Crippen molar-refractivity contribution in [3.05, 3.63) is 18.5 Å². The molecule has 2 rings (SSSR count). The average Bonchev–Trinajstić information content (AvgIpc) is 2.96. The zero-order valence-electron chi connectivity index (χ0n) is 9.35. The third-order valence-electron chi connectivity index (χ3n) is 2.84. The number of hydrogen-bond donors (Lipinski definition) is 2. The number of hydrogen-bond acceptors (Lipinski definition) is 3. The van der Waals surface area contributed by atoms with Crippen molar-refractivity contribution in [2.75, 3.05) is 13.1 Å². The molecule has 0 radical (unpaired) electrons. The van der Waals surface area contributed by atoms with Gasteiger partial charge in [0.25, 0.3) is 0 Å². The molecule has 0 saturated carbocycles. The largest absolute Gasteiger partial charge is 0.354 e. The van der Waals surface area contributed by atoms with E-state index < -0.39 is 0 Å². The van der Waals surface area contributed by atoms with Gasteiger partial charge in [-0.05, 0) is 25.5 Å². The molecule has 0 aliphatic carbocycles. The summed E-state index contributed by atoms with van der Waals surface area (Å²) in [5.41, 5.74) is 0. The Kier molecular flexibility index (Phi) is 3.93. The van der Waals surface area contributed by atoms with Gasteiger partial charge >= 0.3 is 0 Å². The molecule has 0 spiro atoms. The molecule has 1 aromatic heterocycles. The van der Waals surface area contributed by atoms with Crippen LogP contribution in [0.25, 0.3) is 0 Å². The van der Waals surface area contributed by atoms with Crippen molar-refractivity contribution in [3.8, 4) is 0 Å². The lowest BCUT2D eigenvalue weighted by Gasteiger charge is -2.11. The van der Waals surface area contributed by atoms with E-state index in [-0.39, 0.29) is 5.91 Å². The summed E-state index contributed by atoms with van der Waals surface area (Å²) in [4.78, 5) is 11.5. The third kappa shape index (κ3) is 3.34. The van der Waals surface area contributed by atoms with Gasteiger partial charge in [0.2, 0.25) is 5.91 Å². The minimum Gasteiger partial charge on any atom is -0.354 e. The van der Waals surface area contributed by atoms with Crippen LogP contribution in [-0.4, -0.2) is 34.8 Å². The van der Waals surface area contributed by atoms with Crippen LogP contribution in [0.1, 0.15) is 19.3 Å². The van der Waals surface area contributed by atoms with Crippen LogP contribution in [0, 0.1) is 0 Å². The summed E-state index contributed by atoms with van der Waals surface area (Å²) in [5, 5.41) is 10.3.